The van der Waals surface area contributed by atoms with Crippen LogP contribution in [0.1, 0.15) is 25.7 Å². The van der Waals surface area contributed by atoms with Crippen molar-refractivity contribution in [1.82, 2.24) is 10.1 Å². The van der Waals surface area contributed by atoms with Gasteiger partial charge in [-0.05, 0) is 37.1 Å². The van der Waals surface area contributed by atoms with E-state index in [1.54, 1.807) is 24.3 Å². The van der Waals surface area contributed by atoms with Crippen molar-refractivity contribution in [2.24, 2.45) is 5.92 Å². The van der Waals surface area contributed by atoms with Gasteiger partial charge in [-0.1, -0.05) is 29.6 Å². The van der Waals surface area contributed by atoms with Gasteiger partial charge in [-0.15, -0.1) is 0 Å². The maximum absolute atomic E-state index is 11.9. The van der Waals surface area contributed by atoms with E-state index in [9.17, 15) is 4.79 Å². The monoisotopic (exact) mass is 291 g/mol. The number of carbonyl (C=O) groups excluding carboxylic acids is 1. The predicted octanol–water partition coefficient (Wildman–Crippen LogP) is 3.52. The van der Waals surface area contributed by atoms with Crippen LogP contribution in [0.15, 0.2) is 28.8 Å². The van der Waals surface area contributed by atoms with Gasteiger partial charge < -0.3 is 4.52 Å². The number of halogens is 1. The molecule has 6 heteroatoms. The second-order valence-electron chi connectivity index (χ2n) is 4.90. The van der Waals surface area contributed by atoms with Crippen molar-refractivity contribution < 1.29 is 9.32 Å². The smallest absolute Gasteiger partial charge is 0.315 e. The molecular formula is C14H14ClN3O2. The lowest BCUT2D eigenvalue weighted by Gasteiger charge is -2.05. The number of rotatable bonds is 3. The summed E-state index contributed by atoms with van der Waals surface area (Å²) in [5, 5.41) is 7.18. The van der Waals surface area contributed by atoms with E-state index in [2.05, 4.69) is 15.5 Å². The van der Waals surface area contributed by atoms with Gasteiger partial charge in [0.1, 0.15) is 0 Å². The van der Waals surface area contributed by atoms with Crippen LogP contribution in [0.25, 0.3) is 11.4 Å². The lowest BCUT2D eigenvalue weighted by atomic mass is 10.1. The van der Waals surface area contributed by atoms with Crippen LogP contribution in [0.5, 0.6) is 0 Å². The molecule has 0 unspecified atom stereocenters. The molecule has 1 aliphatic carbocycles. The second kappa shape index (κ2) is 5.63. The fraction of sp³-hybridized carbons (Fsp3) is 0.357. The summed E-state index contributed by atoms with van der Waals surface area (Å²) < 4.78 is 5.05. The van der Waals surface area contributed by atoms with Gasteiger partial charge in [0.2, 0.25) is 11.7 Å². The summed E-state index contributed by atoms with van der Waals surface area (Å²) in [5.74, 6) is 0.470. The predicted molar refractivity (Wildman–Crippen MR) is 75.3 cm³/mol. The van der Waals surface area contributed by atoms with E-state index in [0.717, 1.165) is 31.2 Å². The quantitative estimate of drug-likeness (QED) is 0.939. The molecule has 0 bridgehead atoms. The van der Waals surface area contributed by atoms with Gasteiger partial charge in [-0.2, -0.15) is 4.98 Å². The van der Waals surface area contributed by atoms with Gasteiger partial charge in [0, 0.05) is 16.5 Å². The molecule has 1 saturated carbocycles. The zero-order valence-corrected chi connectivity index (χ0v) is 11.6. The van der Waals surface area contributed by atoms with Crippen LogP contribution < -0.4 is 5.32 Å². The Labute approximate surface area is 121 Å². The Morgan fingerprint density at radius 2 is 1.95 bits per heavy atom. The van der Waals surface area contributed by atoms with Gasteiger partial charge in [-0.25, -0.2) is 0 Å². The van der Waals surface area contributed by atoms with Crippen LogP contribution in [0.4, 0.5) is 6.01 Å². The zero-order valence-electron chi connectivity index (χ0n) is 10.8. The van der Waals surface area contributed by atoms with Gasteiger partial charge in [-0.3, -0.25) is 10.1 Å². The van der Waals surface area contributed by atoms with E-state index >= 15 is 0 Å². The van der Waals surface area contributed by atoms with Gasteiger partial charge >= 0.3 is 6.01 Å². The molecule has 1 aromatic carbocycles. The minimum Gasteiger partial charge on any atom is -0.315 e. The third kappa shape index (κ3) is 2.82. The normalized spacial score (nSPS) is 15.4. The van der Waals surface area contributed by atoms with E-state index in [1.165, 1.54) is 0 Å². The van der Waals surface area contributed by atoms with Crippen LogP contribution in [0.2, 0.25) is 5.02 Å². The summed E-state index contributed by atoms with van der Waals surface area (Å²) in [6.45, 7) is 0. The van der Waals surface area contributed by atoms with E-state index in [-0.39, 0.29) is 17.8 Å². The third-order valence-corrected chi connectivity index (χ3v) is 3.74. The zero-order chi connectivity index (χ0) is 13.9. The average Bonchev–Trinajstić information content (AvgIpc) is 3.10. The first kappa shape index (κ1) is 13.1. The summed E-state index contributed by atoms with van der Waals surface area (Å²) in [5.41, 5.74) is 0.791. The van der Waals surface area contributed by atoms with Crippen molar-refractivity contribution in [1.29, 1.82) is 0 Å². The highest BCUT2D eigenvalue weighted by Gasteiger charge is 2.24. The molecule has 20 heavy (non-hydrogen) atoms. The van der Waals surface area contributed by atoms with Gasteiger partial charge in [0.05, 0.1) is 0 Å². The molecule has 0 aliphatic heterocycles. The molecule has 5 nitrogen and oxygen atoms in total. The number of nitrogens with one attached hydrogen (secondary N) is 1. The minimum atomic E-state index is -0.0335. The fourth-order valence-electron chi connectivity index (χ4n) is 2.39. The number of aromatic nitrogens is 2. The number of amides is 1. The molecule has 1 fully saturated rings. The SMILES string of the molecule is O=C(Nc1nc(-c2ccc(Cl)cc2)no1)C1CCCC1. The lowest BCUT2D eigenvalue weighted by Crippen LogP contribution is -2.20. The number of hydrogen-bond acceptors (Lipinski definition) is 4. The highest BCUT2D eigenvalue weighted by molar-refractivity contribution is 6.30. The summed E-state index contributed by atoms with van der Waals surface area (Å²) in [7, 11) is 0. The largest absolute Gasteiger partial charge is 0.328 e. The van der Waals surface area contributed by atoms with Crippen LogP contribution in [-0.4, -0.2) is 16.0 Å². The van der Waals surface area contributed by atoms with Crippen molar-refractivity contribution in [3.63, 3.8) is 0 Å². The van der Waals surface area contributed by atoms with E-state index in [1.807, 2.05) is 0 Å². The summed E-state index contributed by atoms with van der Waals surface area (Å²) in [6, 6.07) is 7.26. The van der Waals surface area contributed by atoms with E-state index in [4.69, 9.17) is 16.1 Å². The first-order valence-corrected chi connectivity index (χ1v) is 7.01. The van der Waals surface area contributed by atoms with E-state index in [0.29, 0.717) is 10.8 Å². The number of hydrogen-bond donors (Lipinski definition) is 1. The van der Waals surface area contributed by atoms with Gasteiger partial charge in [0.15, 0.2) is 0 Å². The first-order chi connectivity index (χ1) is 9.72. The van der Waals surface area contributed by atoms with Crippen molar-refractivity contribution in [2.75, 3.05) is 5.32 Å². The molecule has 0 spiro atoms. The molecule has 0 saturated heterocycles. The second-order valence-corrected chi connectivity index (χ2v) is 5.34. The Bertz CT molecular complexity index is 603. The molecule has 0 atom stereocenters. The molecule has 1 N–H and O–H groups in total. The van der Waals surface area contributed by atoms with Crippen molar-refractivity contribution in [3.05, 3.63) is 29.3 Å². The number of nitrogens with zero attached hydrogens (tertiary/aromatic N) is 2. The Balaban J connectivity index is 1.70. The highest BCUT2D eigenvalue weighted by Crippen LogP contribution is 2.26. The van der Waals surface area contributed by atoms with Crippen LogP contribution in [-0.2, 0) is 4.79 Å². The molecule has 0 radical (unpaired) electrons. The Hall–Kier alpha value is -1.88. The Morgan fingerprint density at radius 1 is 1.25 bits per heavy atom. The number of anilines is 1. The molecule has 1 amide bonds. The molecule has 2 aromatic rings. The number of carbonyl (C=O) groups is 1. The van der Waals surface area contributed by atoms with E-state index < -0.39 is 0 Å². The van der Waals surface area contributed by atoms with Gasteiger partial charge in [0.25, 0.3) is 0 Å². The van der Waals surface area contributed by atoms with Crippen molar-refractivity contribution in [2.45, 2.75) is 25.7 Å². The summed E-state index contributed by atoms with van der Waals surface area (Å²) in [6.07, 6.45) is 4.09. The molecule has 1 aliphatic rings. The standard InChI is InChI=1S/C14H14ClN3O2/c15-11-7-5-9(6-8-11)12-16-14(20-18-12)17-13(19)10-3-1-2-4-10/h5-8,10H,1-4H2,(H,16,17,18,19). The third-order valence-electron chi connectivity index (χ3n) is 3.48. The maximum atomic E-state index is 11.9. The first-order valence-electron chi connectivity index (χ1n) is 6.63. The molecule has 1 heterocycles. The molecule has 104 valence electrons. The van der Waals surface area contributed by atoms with Crippen LogP contribution >= 0.6 is 11.6 Å². The van der Waals surface area contributed by atoms with Crippen LogP contribution in [0, 0.1) is 5.92 Å². The Kier molecular flexibility index (Phi) is 3.69. The Morgan fingerprint density at radius 3 is 2.65 bits per heavy atom. The average molecular weight is 292 g/mol. The highest BCUT2D eigenvalue weighted by atomic mass is 35.5. The fourth-order valence-corrected chi connectivity index (χ4v) is 2.51. The maximum Gasteiger partial charge on any atom is 0.328 e. The summed E-state index contributed by atoms with van der Waals surface area (Å²) >= 11 is 5.82. The lowest BCUT2D eigenvalue weighted by molar-refractivity contribution is -0.119. The van der Waals surface area contributed by atoms with Crippen LogP contribution in [0.3, 0.4) is 0 Å². The number of benzene rings is 1. The summed E-state index contributed by atoms with van der Waals surface area (Å²) in [4.78, 5) is 16.1. The van der Waals surface area contributed by atoms with Crippen molar-refractivity contribution in [3.8, 4) is 11.4 Å². The minimum absolute atomic E-state index is 0.0335. The molecule has 3 rings (SSSR count). The topological polar surface area (TPSA) is 68.0 Å². The van der Waals surface area contributed by atoms with Crippen molar-refractivity contribution >= 4 is 23.5 Å². The molecular weight excluding hydrogens is 278 g/mol. The molecule has 1 aromatic heterocycles.